The van der Waals surface area contributed by atoms with Gasteiger partial charge in [0.1, 0.15) is 5.75 Å². The third-order valence-corrected chi connectivity index (χ3v) is 4.44. The minimum atomic E-state index is -0.971. The number of aromatic hydroxyl groups is 1. The van der Waals surface area contributed by atoms with Crippen LogP contribution in [-0.2, 0) is 0 Å². The summed E-state index contributed by atoms with van der Waals surface area (Å²) in [6.45, 7) is 2.31. The third kappa shape index (κ3) is 2.80. The van der Waals surface area contributed by atoms with Crippen LogP contribution in [0, 0.1) is 5.92 Å². The molecule has 0 aromatic carbocycles. The predicted molar refractivity (Wildman–Crippen MR) is 87.4 cm³/mol. The monoisotopic (exact) mass is 332 g/mol. The lowest BCUT2D eigenvalue weighted by molar-refractivity contribution is 0.0752. The van der Waals surface area contributed by atoms with E-state index in [-0.39, 0.29) is 11.0 Å². The summed E-state index contributed by atoms with van der Waals surface area (Å²) in [6, 6.07) is 3.05. The summed E-state index contributed by atoms with van der Waals surface area (Å²) in [5.74, 6) is -0.707. The Balaban J connectivity index is 1.96. The van der Waals surface area contributed by atoms with Gasteiger partial charge >= 0.3 is 5.56 Å². The van der Waals surface area contributed by atoms with Gasteiger partial charge < -0.3 is 20.5 Å². The first-order valence-corrected chi connectivity index (χ1v) is 7.89. The summed E-state index contributed by atoms with van der Waals surface area (Å²) in [7, 11) is 1.60. The summed E-state index contributed by atoms with van der Waals surface area (Å²) in [6.07, 6.45) is 3.30. The highest BCUT2D eigenvalue weighted by atomic mass is 16.5. The summed E-state index contributed by atoms with van der Waals surface area (Å²) in [5.41, 5.74) is -1.49. The molecule has 8 heteroatoms. The summed E-state index contributed by atoms with van der Waals surface area (Å²) in [4.78, 5) is 30.2. The fraction of sp³-hybridized carbons (Fsp3) is 0.438. The molecule has 8 nitrogen and oxygen atoms in total. The van der Waals surface area contributed by atoms with Crippen LogP contribution < -0.4 is 10.9 Å². The molecule has 0 saturated carbocycles. The van der Waals surface area contributed by atoms with Crippen LogP contribution in [0.5, 0.6) is 5.75 Å². The van der Waals surface area contributed by atoms with Crippen LogP contribution in [0.2, 0.25) is 0 Å². The fourth-order valence-corrected chi connectivity index (χ4v) is 3.11. The number of carbonyl (C=O) groups is 1. The molecule has 24 heavy (non-hydrogen) atoms. The SMILES string of the molecule is CN(CC1CCNCC1)C(=O)c1c(O)c2cccnc2n(O)c1=O. The van der Waals surface area contributed by atoms with Crippen molar-refractivity contribution in [1.82, 2.24) is 19.9 Å². The van der Waals surface area contributed by atoms with Crippen LogP contribution in [0.25, 0.3) is 11.0 Å². The number of nitrogens with zero attached hydrogens (tertiary/aromatic N) is 3. The smallest absolute Gasteiger partial charge is 0.301 e. The van der Waals surface area contributed by atoms with Crippen LogP contribution in [0.3, 0.4) is 0 Å². The van der Waals surface area contributed by atoms with E-state index in [4.69, 9.17) is 0 Å². The second-order valence-corrected chi connectivity index (χ2v) is 6.09. The van der Waals surface area contributed by atoms with Crippen molar-refractivity contribution < 1.29 is 15.1 Å². The molecule has 1 aliphatic heterocycles. The quantitative estimate of drug-likeness (QED) is 0.703. The Bertz CT molecular complexity index is 827. The molecule has 1 amide bonds. The van der Waals surface area contributed by atoms with Crippen molar-refractivity contribution in [3.63, 3.8) is 0 Å². The van der Waals surface area contributed by atoms with E-state index in [9.17, 15) is 19.9 Å². The Morgan fingerprint density at radius 3 is 2.88 bits per heavy atom. The largest absolute Gasteiger partial charge is 0.506 e. The number of piperidine rings is 1. The van der Waals surface area contributed by atoms with Crippen molar-refractivity contribution in [2.75, 3.05) is 26.7 Å². The van der Waals surface area contributed by atoms with Gasteiger partial charge in [-0.3, -0.25) is 9.59 Å². The standard InChI is InChI=1S/C16H20N4O4/c1-19(9-10-4-7-17-8-5-10)15(22)12-13(21)11-3-2-6-18-14(11)20(24)16(12)23/h2-3,6,10,17,21,24H,4-5,7-9H2,1H3. The molecular weight excluding hydrogens is 312 g/mol. The molecule has 0 radical (unpaired) electrons. The first kappa shape index (κ1) is 16.3. The molecule has 0 aliphatic carbocycles. The molecule has 2 aromatic rings. The van der Waals surface area contributed by atoms with Crippen LogP contribution in [-0.4, -0.2) is 57.5 Å². The van der Waals surface area contributed by atoms with Gasteiger partial charge in [0.05, 0.1) is 5.39 Å². The van der Waals surface area contributed by atoms with E-state index in [2.05, 4.69) is 10.3 Å². The van der Waals surface area contributed by atoms with Crippen molar-refractivity contribution in [3.8, 4) is 5.75 Å². The zero-order valence-corrected chi connectivity index (χ0v) is 13.4. The Hall–Kier alpha value is -2.61. The van der Waals surface area contributed by atoms with Crippen molar-refractivity contribution in [3.05, 3.63) is 34.2 Å². The van der Waals surface area contributed by atoms with Gasteiger partial charge in [-0.05, 0) is 44.0 Å². The Labute approximate surface area is 138 Å². The predicted octanol–water partition coefficient (Wildman–Crippen LogP) is 0.411. The van der Waals surface area contributed by atoms with E-state index in [0.29, 0.717) is 17.2 Å². The van der Waals surface area contributed by atoms with Crippen molar-refractivity contribution >= 4 is 16.9 Å². The molecular formula is C16H20N4O4. The van der Waals surface area contributed by atoms with E-state index in [1.54, 1.807) is 13.1 Å². The third-order valence-electron chi connectivity index (χ3n) is 4.44. The summed E-state index contributed by atoms with van der Waals surface area (Å²) in [5, 5.41) is 23.7. The van der Waals surface area contributed by atoms with Gasteiger partial charge in [-0.1, -0.05) is 0 Å². The summed E-state index contributed by atoms with van der Waals surface area (Å²) >= 11 is 0. The number of aromatic nitrogens is 2. The molecule has 0 atom stereocenters. The molecule has 0 unspecified atom stereocenters. The molecule has 1 saturated heterocycles. The Morgan fingerprint density at radius 1 is 1.46 bits per heavy atom. The van der Waals surface area contributed by atoms with Crippen molar-refractivity contribution in [1.29, 1.82) is 0 Å². The number of amides is 1. The lowest BCUT2D eigenvalue weighted by Crippen LogP contribution is -2.39. The minimum absolute atomic E-state index is 0.0856. The molecule has 0 spiro atoms. The maximum absolute atomic E-state index is 12.7. The van der Waals surface area contributed by atoms with Crippen LogP contribution >= 0.6 is 0 Å². The first-order valence-electron chi connectivity index (χ1n) is 7.89. The van der Waals surface area contributed by atoms with E-state index in [0.717, 1.165) is 25.9 Å². The molecule has 1 fully saturated rings. The number of fused-ring (bicyclic) bond motifs is 1. The highest BCUT2D eigenvalue weighted by molar-refractivity contribution is 6.01. The minimum Gasteiger partial charge on any atom is -0.506 e. The number of nitrogens with one attached hydrogen (secondary N) is 1. The molecule has 128 valence electrons. The number of pyridine rings is 2. The normalized spacial score (nSPS) is 15.5. The van der Waals surface area contributed by atoms with Crippen LogP contribution in [0.4, 0.5) is 0 Å². The number of carbonyl (C=O) groups excluding carboxylic acids is 1. The van der Waals surface area contributed by atoms with E-state index >= 15 is 0 Å². The molecule has 3 heterocycles. The van der Waals surface area contributed by atoms with Crippen LogP contribution in [0.15, 0.2) is 23.1 Å². The zero-order valence-electron chi connectivity index (χ0n) is 13.4. The lowest BCUT2D eigenvalue weighted by atomic mass is 9.97. The number of hydrogen-bond donors (Lipinski definition) is 3. The van der Waals surface area contributed by atoms with Crippen molar-refractivity contribution in [2.24, 2.45) is 5.92 Å². The van der Waals surface area contributed by atoms with Gasteiger partial charge in [0.15, 0.2) is 11.2 Å². The van der Waals surface area contributed by atoms with E-state index < -0.39 is 22.8 Å². The molecule has 1 aliphatic rings. The second kappa shape index (κ2) is 6.48. The highest BCUT2D eigenvalue weighted by Crippen LogP contribution is 2.25. The topological polar surface area (TPSA) is 108 Å². The second-order valence-electron chi connectivity index (χ2n) is 6.09. The Kier molecular flexibility index (Phi) is 4.39. The van der Waals surface area contributed by atoms with Gasteiger partial charge in [-0.15, -0.1) is 4.73 Å². The van der Waals surface area contributed by atoms with E-state index in [1.807, 2.05) is 0 Å². The van der Waals surface area contributed by atoms with Crippen molar-refractivity contribution in [2.45, 2.75) is 12.8 Å². The molecule has 3 N–H and O–H groups in total. The van der Waals surface area contributed by atoms with Gasteiger partial charge in [0.25, 0.3) is 5.91 Å². The molecule has 2 aromatic heterocycles. The highest BCUT2D eigenvalue weighted by Gasteiger charge is 2.26. The average Bonchev–Trinajstić information content (AvgIpc) is 2.60. The Morgan fingerprint density at radius 2 is 2.17 bits per heavy atom. The maximum Gasteiger partial charge on any atom is 0.301 e. The van der Waals surface area contributed by atoms with Gasteiger partial charge in [0.2, 0.25) is 0 Å². The summed E-state index contributed by atoms with van der Waals surface area (Å²) < 4.78 is 0.306. The number of hydrogen-bond acceptors (Lipinski definition) is 6. The first-order chi connectivity index (χ1) is 11.5. The van der Waals surface area contributed by atoms with Gasteiger partial charge in [0, 0.05) is 19.8 Å². The average molecular weight is 332 g/mol. The molecule has 0 bridgehead atoms. The maximum atomic E-state index is 12.7. The van der Waals surface area contributed by atoms with Gasteiger partial charge in [-0.25, -0.2) is 4.98 Å². The van der Waals surface area contributed by atoms with Gasteiger partial charge in [-0.2, -0.15) is 0 Å². The lowest BCUT2D eigenvalue weighted by Gasteiger charge is -2.27. The number of rotatable bonds is 3. The fourth-order valence-electron chi connectivity index (χ4n) is 3.11. The molecule has 3 rings (SSSR count). The zero-order chi connectivity index (χ0) is 17.3. The van der Waals surface area contributed by atoms with E-state index in [1.165, 1.54) is 17.2 Å². The van der Waals surface area contributed by atoms with Crippen LogP contribution in [0.1, 0.15) is 23.2 Å².